The number of fused-ring (bicyclic) bond motifs is 1. The van der Waals surface area contributed by atoms with Crippen LogP contribution in [0.5, 0.6) is 5.75 Å². The maximum Gasteiger partial charge on any atom is 0.335 e. The number of aromatic carboxylic acids is 1. The number of nitrogens with zero attached hydrogens (tertiary/aromatic N) is 2. The Morgan fingerprint density at radius 1 is 1.05 bits per heavy atom. The fourth-order valence-electron chi connectivity index (χ4n) is 3.92. The van der Waals surface area contributed by atoms with Gasteiger partial charge in [-0.15, -0.1) is 0 Å². The number of ether oxygens (including phenoxy) is 1. The molecule has 8 heteroatoms. The third kappa shape index (κ3) is 5.45. The molecule has 0 bridgehead atoms. The van der Waals surface area contributed by atoms with Crippen molar-refractivity contribution in [3.63, 3.8) is 0 Å². The van der Waals surface area contributed by atoms with Gasteiger partial charge in [0.25, 0.3) is 5.91 Å². The quantitative estimate of drug-likeness (QED) is 0.249. The van der Waals surface area contributed by atoms with Gasteiger partial charge in [0.15, 0.2) is 5.17 Å². The van der Waals surface area contributed by atoms with Crippen LogP contribution >= 0.6 is 27.7 Å². The van der Waals surface area contributed by atoms with Gasteiger partial charge in [-0.3, -0.25) is 9.69 Å². The molecule has 4 aromatic rings. The molecule has 4 aromatic carbocycles. The molecule has 0 saturated carbocycles. The van der Waals surface area contributed by atoms with Crippen molar-refractivity contribution >= 4 is 67.3 Å². The van der Waals surface area contributed by atoms with E-state index in [4.69, 9.17) is 9.84 Å². The minimum atomic E-state index is -1.00. The van der Waals surface area contributed by atoms with E-state index in [1.807, 2.05) is 42.5 Å². The SMILES string of the molecule is CN1C(=O)/C(=C/c2cc(Br)ccc2OCc2cccc3ccccc23)SC1=Nc1ccc(C(=O)O)cc1. The maximum absolute atomic E-state index is 13.0. The van der Waals surface area contributed by atoms with E-state index in [0.29, 0.717) is 28.1 Å². The van der Waals surface area contributed by atoms with Gasteiger partial charge >= 0.3 is 5.97 Å². The van der Waals surface area contributed by atoms with Crippen LogP contribution in [0.2, 0.25) is 0 Å². The molecule has 1 aliphatic rings. The van der Waals surface area contributed by atoms with Crippen molar-refractivity contribution < 1.29 is 19.4 Å². The fraction of sp³-hybridized carbons (Fsp3) is 0.0690. The lowest BCUT2D eigenvalue weighted by Crippen LogP contribution is -2.23. The highest BCUT2D eigenvalue weighted by Gasteiger charge is 2.30. The number of thioether (sulfide) groups is 1. The van der Waals surface area contributed by atoms with Crippen LogP contribution in [0.1, 0.15) is 21.5 Å². The van der Waals surface area contributed by atoms with Gasteiger partial charge < -0.3 is 9.84 Å². The number of rotatable bonds is 6. The molecule has 37 heavy (non-hydrogen) atoms. The molecule has 0 aromatic heterocycles. The number of hydrogen-bond donors (Lipinski definition) is 1. The molecule has 1 saturated heterocycles. The predicted octanol–water partition coefficient (Wildman–Crippen LogP) is 7.11. The number of carbonyl (C=O) groups excluding carboxylic acids is 1. The van der Waals surface area contributed by atoms with E-state index in [0.717, 1.165) is 26.4 Å². The van der Waals surface area contributed by atoms with Crippen LogP contribution in [0.25, 0.3) is 16.8 Å². The molecule has 1 heterocycles. The molecule has 0 atom stereocenters. The third-order valence-electron chi connectivity index (χ3n) is 5.86. The topological polar surface area (TPSA) is 79.2 Å². The van der Waals surface area contributed by atoms with Gasteiger partial charge in [-0.25, -0.2) is 9.79 Å². The van der Waals surface area contributed by atoms with Crippen molar-refractivity contribution in [2.24, 2.45) is 4.99 Å². The minimum absolute atomic E-state index is 0.175. The van der Waals surface area contributed by atoms with Crippen LogP contribution in [0.3, 0.4) is 0 Å². The molecule has 0 unspecified atom stereocenters. The Balaban J connectivity index is 1.40. The van der Waals surface area contributed by atoms with Crippen LogP contribution in [-0.2, 0) is 11.4 Å². The second-order valence-corrected chi connectivity index (χ2v) is 10.3. The first-order chi connectivity index (χ1) is 17.9. The number of aliphatic imine (C=N–C) groups is 1. The summed E-state index contributed by atoms with van der Waals surface area (Å²) in [7, 11) is 1.67. The average molecular weight is 573 g/mol. The average Bonchev–Trinajstić information content (AvgIpc) is 3.16. The van der Waals surface area contributed by atoms with Crippen LogP contribution in [0.4, 0.5) is 5.69 Å². The molecule has 0 aliphatic carbocycles. The van der Waals surface area contributed by atoms with E-state index < -0.39 is 5.97 Å². The summed E-state index contributed by atoms with van der Waals surface area (Å²) in [5, 5.41) is 11.9. The van der Waals surface area contributed by atoms with Crippen molar-refractivity contribution in [3.05, 3.63) is 111 Å². The smallest absolute Gasteiger partial charge is 0.335 e. The number of halogens is 1. The summed E-state index contributed by atoms with van der Waals surface area (Å²) < 4.78 is 7.10. The lowest BCUT2D eigenvalue weighted by molar-refractivity contribution is -0.121. The Kier molecular flexibility index (Phi) is 7.12. The van der Waals surface area contributed by atoms with Crippen LogP contribution in [0.15, 0.2) is 99.3 Å². The highest BCUT2D eigenvalue weighted by Crippen LogP contribution is 2.36. The molecule has 1 N–H and O–H groups in total. The van der Waals surface area contributed by atoms with Gasteiger partial charge in [-0.1, -0.05) is 58.4 Å². The van der Waals surface area contributed by atoms with Crippen LogP contribution < -0.4 is 4.74 Å². The standard InChI is InChI=1S/C29H21BrN2O4S/c1-32-27(33)26(37-29(32)31-23-12-9-19(10-13-23)28(34)35)16-21-15-22(30)11-14-25(21)36-17-20-7-4-6-18-5-2-3-8-24(18)20/h2-16H,17H2,1H3,(H,34,35)/b26-16-,31-29?. The van der Waals surface area contributed by atoms with Gasteiger partial charge in [0.2, 0.25) is 0 Å². The van der Waals surface area contributed by atoms with E-state index in [-0.39, 0.29) is 11.5 Å². The van der Waals surface area contributed by atoms with E-state index in [1.54, 1.807) is 19.2 Å². The number of carboxylic acid groups (broad SMARTS) is 1. The Bertz CT molecular complexity index is 1580. The van der Waals surface area contributed by atoms with Gasteiger partial charge in [-0.2, -0.15) is 0 Å². The normalized spacial score (nSPS) is 15.6. The first-order valence-electron chi connectivity index (χ1n) is 11.4. The lowest BCUT2D eigenvalue weighted by Gasteiger charge is -2.12. The van der Waals surface area contributed by atoms with Gasteiger partial charge in [-0.05, 0) is 76.6 Å². The van der Waals surface area contributed by atoms with Crippen molar-refractivity contribution in [2.75, 3.05) is 7.05 Å². The van der Waals surface area contributed by atoms with E-state index >= 15 is 0 Å². The number of amides is 1. The summed E-state index contributed by atoms with van der Waals surface area (Å²) in [5.41, 5.74) is 2.59. The first kappa shape index (κ1) is 24.8. The molecule has 6 nitrogen and oxygen atoms in total. The number of amidine groups is 1. The van der Waals surface area contributed by atoms with E-state index in [1.165, 1.54) is 28.8 Å². The molecule has 1 amide bonds. The second kappa shape index (κ2) is 10.6. The minimum Gasteiger partial charge on any atom is -0.488 e. The molecule has 1 aliphatic heterocycles. The van der Waals surface area contributed by atoms with Crippen molar-refractivity contribution in [3.8, 4) is 5.75 Å². The van der Waals surface area contributed by atoms with E-state index in [2.05, 4.69) is 45.2 Å². The van der Waals surface area contributed by atoms with Crippen molar-refractivity contribution in [1.82, 2.24) is 4.90 Å². The predicted molar refractivity (Wildman–Crippen MR) is 151 cm³/mol. The number of hydrogen-bond acceptors (Lipinski definition) is 5. The molecule has 184 valence electrons. The van der Waals surface area contributed by atoms with Gasteiger partial charge in [0.05, 0.1) is 16.2 Å². The highest BCUT2D eigenvalue weighted by atomic mass is 79.9. The number of carboxylic acids is 1. The molecule has 0 spiro atoms. The largest absolute Gasteiger partial charge is 0.488 e. The second-order valence-electron chi connectivity index (χ2n) is 8.33. The number of carbonyl (C=O) groups is 2. The van der Waals surface area contributed by atoms with E-state index in [9.17, 15) is 9.59 Å². The molecule has 1 fully saturated rings. The summed E-state index contributed by atoms with van der Waals surface area (Å²) >= 11 is 4.78. The summed E-state index contributed by atoms with van der Waals surface area (Å²) in [6, 6.07) is 26.2. The molecule has 5 rings (SSSR count). The summed E-state index contributed by atoms with van der Waals surface area (Å²) in [6.07, 6.45) is 1.81. The third-order valence-corrected chi connectivity index (χ3v) is 7.42. The lowest BCUT2D eigenvalue weighted by atomic mass is 10.1. The summed E-state index contributed by atoms with van der Waals surface area (Å²) in [4.78, 5) is 30.6. The highest BCUT2D eigenvalue weighted by molar-refractivity contribution is 9.10. The Hall–Kier alpha value is -3.88. The zero-order valence-corrected chi connectivity index (χ0v) is 22.1. The Morgan fingerprint density at radius 2 is 1.81 bits per heavy atom. The zero-order chi connectivity index (χ0) is 25.9. The Morgan fingerprint density at radius 3 is 2.59 bits per heavy atom. The maximum atomic E-state index is 13.0. The molecular formula is C29H21BrN2O4S. The summed E-state index contributed by atoms with van der Waals surface area (Å²) in [6.45, 7) is 0.388. The first-order valence-corrected chi connectivity index (χ1v) is 13.0. The van der Waals surface area contributed by atoms with Gasteiger partial charge in [0, 0.05) is 17.1 Å². The molecular weight excluding hydrogens is 552 g/mol. The van der Waals surface area contributed by atoms with Crippen molar-refractivity contribution in [1.29, 1.82) is 0 Å². The summed E-state index contributed by atoms with van der Waals surface area (Å²) in [5.74, 6) is -0.514. The monoisotopic (exact) mass is 572 g/mol. The Labute approximate surface area is 226 Å². The number of benzene rings is 4. The van der Waals surface area contributed by atoms with Crippen LogP contribution in [-0.4, -0.2) is 34.1 Å². The fourth-order valence-corrected chi connectivity index (χ4v) is 5.28. The number of likely N-dealkylation sites (N-methyl/N-ethyl adjacent to an activating group) is 1. The van der Waals surface area contributed by atoms with Gasteiger partial charge in [0.1, 0.15) is 12.4 Å². The van der Waals surface area contributed by atoms with Crippen molar-refractivity contribution in [2.45, 2.75) is 6.61 Å². The molecule has 0 radical (unpaired) electrons. The zero-order valence-electron chi connectivity index (χ0n) is 19.7. The van der Waals surface area contributed by atoms with Crippen LogP contribution in [0, 0.1) is 0 Å².